The minimum atomic E-state index is -0.581. The fourth-order valence-electron chi connectivity index (χ4n) is 1.71. The van der Waals surface area contributed by atoms with Crippen LogP contribution in [0.2, 0.25) is 0 Å². The van der Waals surface area contributed by atoms with Crippen molar-refractivity contribution in [3.05, 3.63) is 0 Å². The number of hydrogen-bond donors (Lipinski definition) is 1. The molecule has 3 atom stereocenters. The van der Waals surface area contributed by atoms with Crippen LogP contribution in [0.15, 0.2) is 0 Å². The molecule has 0 bridgehead atoms. The van der Waals surface area contributed by atoms with E-state index in [0.29, 0.717) is 13.0 Å². The smallest absolute Gasteiger partial charge is 0.302 e. The highest BCUT2D eigenvalue weighted by atomic mass is 16.7. The lowest BCUT2D eigenvalue weighted by atomic mass is 10.0. The largest absolute Gasteiger partial charge is 0.460 e. The summed E-state index contributed by atoms with van der Waals surface area (Å²) in [5, 5.41) is 2.67. The van der Waals surface area contributed by atoms with Gasteiger partial charge in [0.05, 0.1) is 6.61 Å². The van der Waals surface area contributed by atoms with Crippen LogP contribution in [0.1, 0.15) is 20.3 Å². The molecule has 1 rings (SSSR count). The molecule has 0 aliphatic carbocycles. The Kier molecular flexibility index (Phi) is 4.70. The van der Waals surface area contributed by atoms with E-state index >= 15 is 0 Å². The first kappa shape index (κ1) is 12.9. The Bertz CT molecular complexity index is 268. The average molecular weight is 231 g/mol. The van der Waals surface area contributed by atoms with Crippen LogP contribution in [0.3, 0.4) is 0 Å². The maximum atomic E-state index is 11.0. The normalized spacial score (nSPS) is 29.6. The van der Waals surface area contributed by atoms with E-state index < -0.39 is 18.4 Å². The lowest BCUT2D eigenvalue weighted by Crippen LogP contribution is -2.56. The molecule has 0 aromatic heterocycles. The van der Waals surface area contributed by atoms with Gasteiger partial charge in [-0.1, -0.05) is 0 Å². The first-order valence-electron chi connectivity index (χ1n) is 5.13. The Morgan fingerprint density at radius 3 is 2.56 bits per heavy atom. The van der Waals surface area contributed by atoms with E-state index in [1.807, 2.05) is 0 Å². The maximum absolute atomic E-state index is 11.0. The first-order chi connectivity index (χ1) is 7.54. The van der Waals surface area contributed by atoms with Crippen molar-refractivity contribution in [3.63, 3.8) is 0 Å². The molecular formula is C10H17NO5. The molecule has 6 nitrogen and oxygen atoms in total. The molecule has 1 aliphatic heterocycles. The molecule has 1 aliphatic rings. The summed E-state index contributed by atoms with van der Waals surface area (Å²) in [5.74, 6) is -0.591. The van der Waals surface area contributed by atoms with E-state index in [2.05, 4.69) is 5.32 Å². The predicted octanol–water partition coefficient (Wildman–Crippen LogP) is -0.184. The van der Waals surface area contributed by atoms with Crippen molar-refractivity contribution in [2.75, 3.05) is 13.7 Å². The molecule has 0 radical (unpaired) electrons. The van der Waals surface area contributed by atoms with Crippen molar-refractivity contribution < 1.29 is 23.8 Å². The number of carbonyl (C=O) groups excluding carboxylic acids is 2. The van der Waals surface area contributed by atoms with Gasteiger partial charge in [-0.05, 0) is 0 Å². The minimum Gasteiger partial charge on any atom is -0.460 e. The highest BCUT2D eigenvalue weighted by Crippen LogP contribution is 2.18. The average Bonchev–Trinajstić information content (AvgIpc) is 2.19. The van der Waals surface area contributed by atoms with Gasteiger partial charge < -0.3 is 19.5 Å². The Morgan fingerprint density at radius 2 is 2.06 bits per heavy atom. The zero-order chi connectivity index (χ0) is 12.1. The number of methoxy groups -OCH3 is 1. The quantitative estimate of drug-likeness (QED) is 0.682. The van der Waals surface area contributed by atoms with Crippen LogP contribution in [-0.4, -0.2) is 44.0 Å². The van der Waals surface area contributed by atoms with Crippen molar-refractivity contribution in [2.24, 2.45) is 0 Å². The molecule has 1 N–H and O–H groups in total. The number of esters is 1. The van der Waals surface area contributed by atoms with Crippen molar-refractivity contribution in [2.45, 2.75) is 38.7 Å². The molecule has 6 heteroatoms. The molecule has 92 valence electrons. The molecule has 16 heavy (non-hydrogen) atoms. The molecule has 0 saturated carbocycles. The second kappa shape index (κ2) is 5.81. The number of amides is 1. The van der Waals surface area contributed by atoms with Gasteiger partial charge in [0.15, 0.2) is 6.29 Å². The third-order valence-electron chi connectivity index (χ3n) is 2.30. The monoisotopic (exact) mass is 231 g/mol. The molecular weight excluding hydrogens is 214 g/mol. The van der Waals surface area contributed by atoms with E-state index in [9.17, 15) is 9.59 Å². The van der Waals surface area contributed by atoms with Gasteiger partial charge in [-0.15, -0.1) is 0 Å². The number of ether oxygens (including phenoxy) is 3. The Hall–Kier alpha value is -1.14. The molecule has 1 saturated heterocycles. The Balaban J connectivity index is 2.69. The second-order valence-corrected chi connectivity index (χ2v) is 3.64. The second-order valence-electron chi connectivity index (χ2n) is 3.64. The fraction of sp³-hybridized carbons (Fsp3) is 0.800. The highest BCUT2D eigenvalue weighted by Gasteiger charge is 2.37. The van der Waals surface area contributed by atoms with E-state index in [0.717, 1.165) is 0 Å². The van der Waals surface area contributed by atoms with E-state index in [1.165, 1.54) is 21.0 Å². The van der Waals surface area contributed by atoms with Crippen molar-refractivity contribution >= 4 is 11.9 Å². The fourth-order valence-corrected chi connectivity index (χ4v) is 1.71. The molecule has 1 fully saturated rings. The number of rotatable bonds is 3. The molecule has 0 unspecified atom stereocenters. The van der Waals surface area contributed by atoms with Crippen molar-refractivity contribution in [1.29, 1.82) is 0 Å². The molecule has 0 aromatic rings. The van der Waals surface area contributed by atoms with E-state index in [-0.39, 0.29) is 11.9 Å². The van der Waals surface area contributed by atoms with Gasteiger partial charge in [0.2, 0.25) is 5.91 Å². The minimum absolute atomic E-state index is 0.213. The zero-order valence-corrected chi connectivity index (χ0v) is 9.69. The SMILES string of the molecule is CO[C@H]1OCC[C@@H](OC(C)=O)[C@H]1NC(C)=O. The van der Waals surface area contributed by atoms with Crippen LogP contribution in [0.4, 0.5) is 0 Å². The van der Waals surface area contributed by atoms with Gasteiger partial charge in [-0.2, -0.15) is 0 Å². The topological polar surface area (TPSA) is 73.9 Å². The Morgan fingerprint density at radius 1 is 1.38 bits per heavy atom. The number of nitrogens with one attached hydrogen (secondary N) is 1. The summed E-state index contributed by atoms with van der Waals surface area (Å²) in [4.78, 5) is 22.0. The van der Waals surface area contributed by atoms with Crippen LogP contribution in [-0.2, 0) is 23.8 Å². The third-order valence-corrected chi connectivity index (χ3v) is 2.30. The maximum Gasteiger partial charge on any atom is 0.302 e. The molecule has 1 heterocycles. The van der Waals surface area contributed by atoms with Gasteiger partial charge in [0.25, 0.3) is 0 Å². The van der Waals surface area contributed by atoms with Gasteiger partial charge in [-0.3, -0.25) is 9.59 Å². The predicted molar refractivity (Wildman–Crippen MR) is 54.5 cm³/mol. The zero-order valence-electron chi connectivity index (χ0n) is 9.69. The highest BCUT2D eigenvalue weighted by molar-refractivity contribution is 5.73. The third kappa shape index (κ3) is 3.46. The summed E-state index contributed by atoms with van der Waals surface area (Å²) in [6.45, 7) is 3.17. The van der Waals surface area contributed by atoms with Crippen LogP contribution in [0.5, 0.6) is 0 Å². The lowest BCUT2D eigenvalue weighted by molar-refractivity contribution is -0.201. The number of carbonyl (C=O) groups is 2. The summed E-state index contributed by atoms with van der Waals surface area (Å²) in [6.07, 6.45) is -0.438. The first-order valence-corrected chi connectivity index (χ1v) is 5.13. The summed E-state index contributed by atoms with van der Waals surface area (Å²) < 4.78 is 15.5. The van der Waals surface area contributed by atoms with Crippen LogP contribution >= 0.6 is 0 Å². The van der Waals surface area contributed by atoms with Crippen molar-refractivity contribution in [3.8, 4) is 0 Å². The molecule has 1 amide bonds. The lowest BCUT2D eigenvalue weighted by Gasteiger charge is -2.36. The molecule has 0 spiro atoms. The summed E-state index contributed by atoms with van der Waals surface area (Å²) in [5.41, 5.74) is 0. The van der Waals surface area contributed by atoms with Crippen LogP contribution in [0.25, 0.3) is 0 Å². The van der Waals surface area contributed by atoms with Crippen LogP contribution in [0, 0.1) is 0 Å². The van der Waals surface area contributed by atoms with Gasteiger partial charge in [-0.25, -0.2) is 0 Å². The molecule has 0 aromatic carbocycles. The van der Waals surface area contributed by atoms with Gasteiger partial charge >= 0.3 is 5.97 Å². The summed E-state index contributed by atoms with van der Waals surface area (Å²) in [7, 11) is 1.48. The van der Waals surface area contributed by atoms with Gasteiger partial charge in [0.1, 0.15) is 12.1 Å². The standard InChI is InChI=1S/C10H17NO5/c1-6(12)11-9-8(16-7(2)13)4-5-15-10(9)14-3/h8-10H,4-5H2,1-3H3,(H,11,12)/t8-,9-,10+/m1/s1. The van der Waals surface area contributed by atoms with Gasteiger partial charge in [0, 0.05) is 27.4 Å². The summed E-state index contributed by atoms with van der Waals surface area (Å²) in [6, 6.07) is -0.458. The van der Waals surface area contributed by atoms with E-state index in [4.69, 9.17) is 14.2 Å². The summed E-state index contributed by atoms with van der Waals surface area (Å²) >= 11 is 0. The number of hydrogen-bond acceptors (Lipinski definition) is 5. The Labute approximate surface area is 94.2 Å². The van der Waals surface area contributed by atoms with Crippen molar-refractivity contribution in [1.82, 2.24) is 5.32 Å². The van der Waals surface area contributed by atoms with Crippen LogP contribution < -0.4 is 5.32 Å². The van der Waals surface area contributed by atoms with E-state index in [1.54, 1.807) is 0 Å².